The number of anilines is 1. The van der Waals surface area contributed by atoms with Crippen molar-refractivity contribution in [2.75, 3.05) is 30.2 Å². The summed E-state index contributed by atoms with van der Waals surface area (Å²) in [6.45, 7) is 3.48. The fraction of sp³-hybridized carbons (Fsp3) is 0.533. The standard InChI is InChI=1S/C15H22N2O3S/c1-13-8-10-16(11-9-13)15(18)12-17(21(2,19)20)14-6-4-3-5-7-14/h3-7,13H,8-12H2,1-2H3. The van der Waals surface area contributed by atoms with Gasteiger partial charge < -0.3 is 4.90 Å². The topological polar surface area (TPSA) is 57.7 Å². The molecule has 0 aromatic heterocycles. The van der Waals surface area contributed by atoms with Crippen LogP contribution in [0.25, 0.3) is 0 Å². The largest absolute Gasteiger partial charge is 0.341 e. The minimum absolute atomic E-state index is 0.128. The van der Waals surface area contributed by atoms with Gasteiger partial charge in [-0.15, -0.1) is 0 Å². The smallest absolute Gasteiger partial charge is 0.243 e. The summed E-state index contributed by atoms with van der Waals surface area (Å²) in [7, 11) is -3.48. The predicted molar refractivity (Wildman–Crippen MR) is 83.6 cm³/mol. The number of carbonyl (C=O) groups is 1. The van der Waals surface area contributed by atoms with Gasteiger partial charge in [0.15, 0.2) is 0 Å². The first-order valence-electron chi connectivity index (χ1n) is 7.18. The zero-order valence-corrected chi connectivity index (χ0v) is 13.3. The Bertz CT molecular complexity index is 578. The number of sulfonamides is 1. The molecule has 1 heterocycles. The molecule has 0 spiro atoms. The van der Waals surface area contributed by atoms with E-state index in [-0.39, 0.29) is 12.5 Å². The highest BCUT2D eigenvalue weighted by atomic mass is 32.2. The van der Waals surface area contributed by atoms with E-state index in [9.17, 15) is 13.2 Å². The van der Waals surface area contributed by atoms with Gasteiger partial charge in [0.05, 0.1) is 11.9 Å². The Balaban J connectivity index is 2.11. The number of para-hydroxylation sites is 1. The first-order valence-corrected chi connectivity index (χ1v) is 9.03. The van der Waals surface area contributed by atoms with Crippen molar-refractivity contribution in [3.8, 4) is 0 Å². The molecule has 0 unspecified atom stereocenters. The van der Waals surface area contributed by atoms with Crippen LogP contribution in [0.1, 0.15) is 19.8 Å². The summed E-state index contributed by atoms with van der Waals surface area (Å²) in [5.74, 6) is 0.505. The van der Waals surface area contributed by atoms with Crippen molar-refractivity contribution in [2.45, 2.75) is 19.8 Å². The summed E-state index contributed by atoms with van der Waals surface area (Å²) >= 11 is 0. The number of carbonyl (C=O) groups excluding carboxylic acids is 1. The summed E-state index contributed by atoms with van der Waals surface area (Å²) in [6, 6.07) is 8.75. The Kier molecular flexibility index (Phi) is 4.88. The zero-order valence-electron chi connectivity index (χ0n) is 12.5. The van der Waals surface area contributed by atoms with Gasteiger partial charge in [-0.2, -0.15) is 0 Å². The van der Waals surface area contributed by atoms with Crippen LogP contribution in [0.3, 0.4) is 0 Å². The minimum Gasteiger partial charge on any atom is -0.341 e. The van der Waals surface area contributed by atoms with Gasteiger partial charge in [-0.3, -0.25) is 9.10 Å². The van der Waals surface area contributed by atoms with Crippen molar-refractivity contribution in [2.24, 2.45) is 5.92 Å². The van der Waals surface area contributed by atoms with Crippen LogP contribution in [0.5, 0.6) is 0 Å². The van der Waals surface area contributed by atoms with E-state index in [2.05, 4.69) is 6.92 Å². The SMILES string of the molecule is CC1CCN(C(=O)CN(c2ccccc2)S(C)(=O)=O)CC1. The number of benzene rings is 1. The predicted octanol–water partition coefficient (Wildman–Crippen LogP) is 1.71. The lowest BCUT2D eigenvalue weighted by atomic mass is 9.99. The number of likely N-dealkylation sites (tertiary alicyclic amines) is 1. The van der Waals surface area contributed by atoms with Gasteiger partial charge in [-0.1, -0.05) is 25.1 Å². The lowest BCUT2D eigenvalue weighted by molar-refractivity contribution is -0.130. The summed E-state index contributed by atoms with van der Waals surface area (Å²) in [4.78, 5) is 14.1. The Morgan fingerprint density at radius 1 is 1.24 bits per heavy atom. The molecule has 0 bridgehead atoms. The Morgan fingerprint density at radius 3 is 2.33 bits per heavy atom. The lowest BCUT2D eigenvalue weighted by Gasteiger charge is -2.32. The molecular weight excluding hydrogens is 288 g/mol. The maximum absolute atomic E-state index is 12.4. The van der Waals surface area contributed by atoms with Crippen LogP contribution >= 0.6 is 0 Å². The number of amides is 1. The van der Waals surface area contributed by atoms with E-state index < -0.39 is 10.0 Å². The van der Waals surface area contributed by atoms with E-state index in [1.165, 1.54) is 4.31 Å². The van der Waals surface area contributed by atoms with E-state index in [0.29, 0.717) is 24.7 Å². The molecule has 1 aromatic carbocycles. The molecule has 1 aromatic rings. The molecule has 2 rings (SSSR count). The van der Waals surface area contributed by atoms with Crippen molar-refractivity contribution in [3.05, 3.63) is 30.3 Å². The molecule has 21 heavy (non-hydrogen) atoms. The summed E-state index contributed by atoms with van der Waals surface area (Å²) in [5.41, 5.74) is 0.527. The molecule has 1 amide bonds. The summed E-state index contributed by atoms with van der Waals surface area (Å²) in [6.07, 6.45) is 3.09. The molecular formula is C15H22N2O3S. The third-order valence-corrected chi connectivity index (χ3v) is 5.00. The molecule has 1 aliphatic rings. The van der Waals surface area contributed by atoms with Crippen LogP contribution in [-0.4, -0.2) is 45.1 Å². The zero-order chi connectivity index (χ0) is 15.5. The van der Waals surface area contributed by atoms with Gasteiger partial charge in [-0.05, 0) is 30.9 Å². The molecule has 1 saturated heterocycles. The molecule has 0 saturated carbocycles. The quantitative estimate of drug-likeness (QED) is 0.850. The van der Waals surface area contributed by atoms with E-state index in [0.717, 1.165) is 19.1 Å². The molecule has 116 valence electrons. The fourth-order valence-corrected chi connectivity index (χ4v) is 3.32. The van der Waals surface area contributed by atoms with Gasteiger partial charge in [-0.25, -0.2) is 8.42 Å². The number of hydrogen-bond acceptors (Lipinski definition) is 3. The highest BCUT2D eigenvalue weighted by Gasteiger charge is 2.25. The molecule has 0 radical (unpaired) electrons. The van der Waals surface area contributed by atoms with Crippen molar-refractivity contribution < 1.29 is 13.2 Å². The average Bonchev–Trinajstić information content (AvgIpc) is 2.45. The van der Waals surface area contributed by atoms with Crippen LogP contribution in [0.2, 0.25) is 0 Å². The molecule has 5 nitrogen and oxygen atoms in total. The van der Waals surface area contributed by atoms with Crippen LogP contribution in [0, 0.1) is 5.92 Å². The first-order chi connectivity index (χ1) is 9.88. The average molecular weight is 310 g/mol. The second kappa shape index (κ2) is 6.47. The normalized spacial score (nSPS) is 16.8. The fourth-order valence-electron chi connectivity index (χ4n) is 2.48. The summed E-state index contributed by atoms with van der Waals surface area (Å²) < 4.78 is 25.1. The molecule has 0 N–H and O–H groups in total. The van der Waals surface area contributed by atoms with Crippen molar-refractivity contribution in [3.63, 3.8) is 0 Å². The highest BCUT2D eigenvalue weighted by Crippen LogP contribution is 2.19. The summed E-state index contributed by atoms with van der Waals surface area (Å²) in [5, 5.41) is 0. The molecule has 1 aliphatic heterocycles. The number of rotatable bonds is 4. The van der Waals surface area contributed by atoms with Crippen molar-refractivity contribution >= 4 is 21.6 Å². The van der Waals surface area contributed by atoms with Crippen LogP contribution in [0.4, 0.5) is 5.69 Å². The second-order valence-electron chi connectivity index (χ2n) is 5.67. The van der Waals surface area contributed by atoms with Crippen molar-refractivity contribution in [1.82, 2.24) is 4.90 Å². The van der Waals surface area contributed by atoms with Crippen molar-refractivity contribution in [1.29, 1.82) is 0 Å². The Labute approximate surface area is 126 Å². The Morgan fingerprint density at radius 2 is 1.81 bits per heavy atom. The maximum atomic E-state index is 12.4. The van der Waals surface area contributed by atoms with Crippen LogP contribution < -0.4 is 4.31 Å². The highest BCUT2D eigenvalue weighted by molar-refractivity contribution is 7.92. The molecule has 0 atom stereocenters. The van der Waals surface area contributed by atoms with E-state index in [1.807, 2.05) is 6.07 Å². The van der Waals surface area contributed by atoms with Gasteiger partial charge in [0.1, 0.15) is 6.54 Å². The maximum Gasteiger partial charge on any atom is 0.243 e. The first kappa shape index (κ1) is 15.8. The van der Waals surface area contributed by atoms with Gasteiger partial charge in [0, 0.05) is 13.1 Å². The molecule has 0 aliphatic carbocycles. The third kappa shape index (κ3) is 4.20. The van der Waals surface area contributed by atoms with Gasteiger partial charge in [0.25, 0.3) is 0 Å². The Hall–Kier alpha value is -1.56. The monoisotopic (exact) mass is 310 g/mol. The van der Waals surface area contributed by atoms with E-state index in [4.69, 9.17) is 0 Å². The van der Waals surface area contributed by atoms with Gasteiger partial charge in [0.2, 0.25) is 15.9 Å². The molecule has 1 fully saturated rings. The third-order valence-electron chi connectivity index (χ3n) is 3.86. The van der Waals surface area contributed by atoms with Crippen LogP contribution in [0.15, 0.2) is 30.3 Å². The molecule has 6 heteroatoms. The van der Waals surface area contributed by atoms with E-state index in [1.54, 1.807) is 29.2 Å². The van der Waals surface area contributed by atoms with Gasteiger partial charge >= 0.3 is 0 Å². The van der Waals surface area contributed by atoms with Crippen LogP contribution in [-0.2, 0) is 14.8 Å². The lowest BCUT2D eigenvalue weighted by Crippen LogP contribution is -2.45. The number of piperidine rings is 1. The number of nitrogens with zero attached hydrogens (tertiary/aromatic N) is 2. The number of hydrogen-bond donors (Lipinski definition) is 0. The van der Waals surface area contributed by atoms with E-state index >= 15 is 0 Å². The minimum atomic E-state index is -3.48. The second-order valence-corrected chi connectivity index (χ2v) is 7.58.